The van der Waals surface area contributed by atoms with Crippen LogP contribution in [0, 0.1) is 0 Å². The van der Waals surface area contributed by atoms with Gasteiger partial charge in [0.05, 0.1) is 34.5 Å². The lowest BCUT2D eigenvalue weighted by Crippen LogP contribution is -3.09. The molecule has 1 unspecified atom stereocenters. The molecule has 0 radical (unpaired) electrons. The largest absolute Gasteiger partial charge is 0.493 e. The molecule has 3 aromatic rings. The number of methoxy groups -OCH3 is 3. The molecule has 0 spiro atoms. The van der Waals surface area contributed by atoms with E-state index in [-0.39, 0.29) is 6.79 Å². The van der Waals surface area contributed by atoms with Crippen molar-refractivity contribution in [2.75, 3.05) is 41.3 Å². The molecule has 0 aliphatic carbocycles. The van der Waals surface area contributed by atoms with E-state index in [4.69, 9.17) is 28.4 Å². The number of quaternary nitrogens is 1. The van der Waals surface area contributed by atoms with Crippen LogP contribution in [0.15, 0.2) is 54.6 Å². The number of fused-ring (bicyclic) bond motifs is 1. The fourth-order valence-electron chi connectivity index (χ4n) is 4.40. The fraction of sp³-hybridized carbons (Fsp3) is 0.357. The van der Waals surface area contributed by atoms with Crippen molar-refractivity contribution >= 4 is 0 Å². The number of ether oxygens (including phenoxy) is 6. The van der Waals surface area contributed by atoms with Crippen molar-refractivity contribution in [1.29, 1.82) is 0 Å². The van der Waals surface area contributed by atoms with Crippen LogP contribution >= 0.6 is 0 Å². The first-order valence-electron chi connectivity index (χ1n) is 11.9. The second kappa shape index (κ2) is 11.7. The first-order valence-corrected chi connectivity index (χ1v) is 11.9. The lowest BCUT2D eigenvalue weighted by atomic mass is 10.1. The highest BCUT2D eigenvalue weighted by Crippen LogP contribution is 2.38. The Morgan fingerprint density at radius 3 is 2.23 bits per heavy atom. The van der Waals surface area contributed by atoms with Crippen molar-refractivity contribution in [3.8, 4) is 34.5 Å². The van der Waals surface area contributed by atoms with Crippen LogP contribution < -0.4 is 33.3 Å². The Balaban J connectivity index is 1.58. The third kappa shape index (κ3) is 5.92. The number of benzene rings is 3. The minimum Gasteiger partial charge on any atom is -0.493 e. The summed E-state index contributed by atoms with van der Waals surface area (Å²) in [7, 11) is 4.90. The van der Waals surface area contributed by atoms with Crippen molar-refractivity contribution in [3.05, 3.63) is 71.3 Å². The number of hydrogen-bond donors (Lipinski definition) is 1. The fourth-order valence-corrected chi connectivity index (χ4v) is 4.40. The summed E-state index contributed by atoms with van der Waals surface area (Å²) < 4.78 is 33.6. The zero-order valence-corrected chi connectivity index (χ0v) is 20.9. The van der Waals surface area contributed by atoms with Crippen LogP contribution in [-0.2, 0) is 19.5 Å². The maximum Gasteiger partial charge on any atom is 0.231 e. The predicted molar refractivity (Wildman–Crippen MR) is 133 cm³/mol. The van der Waals surface area contributed by atoms with Gasteiger partial charge in [0.2, 0.25) is 12.5 Å². The maximum atomic E-state index is 5.90. The smallest absolute Gasteiger partial charge is 0.231 e. The Bertz CT molecular complexity index is 1110. The molecule has 1 heterocycles. The summed E-state index contributed by atoms with van der Waals surface area (Å²) in [4.78, 5) is 1.38. The van der Waals surface area contributed by atoms with Gasteiger partial charge < -0.3 is 33.3 Å². The van der Waals surface area contributed by atoms with Crippen LogP contribution in [0.25, 0.3) is 0 Å². The average Bonchev–Trinajstić information content (AvgIpc) is 3.36. The standard InChI is InChI=1S/C28H33NO6/c1-5-33-23-9-7-6-8-22(23)18-29(13-12-20-10-11-24-25(14-20)35-19-34-24)17-21-15-26(30-2)28(32-4)27(16-21)31-3/h6-11,14-16H,5,12-13,17-19H2,1-4H3/p+1. The first kappa shape index (κ1) is 24.5. The van der Waals surface area contributed by atoms with Crippen molar-refractivity contribution < 1.29 is 33.3 Å². The summed E-state index contributed by atoms with van der Waals surface area (Å²) in [6, 6.07) is 18.5. The van der Waals surface area contributed by atoms with Gasteiger partial charge in [0.1, 0.15) is 18.8 Å². The highest BCUT2D eigenvalue weighted by Gasteiger charge is 2.20. The second-order valence-corrected chi connectivity index (χ2v) is 8.37. The van der Waals surface area contributed by atoms with Crippen LogP contribution in [0.2, 0.25) is 0 Å². The van der Waals surface area contributed by atoms with E-state index in [9.17, 15) is 0 Å². The van der Waals surface area contributed by atoms with Crippen LogP contribution in [0.4, 0.5) is 0 Å². The van der Waals surface area contributed by atoms with Gasteiger partial charge >= 0.3 is 0 Å². The van der Waals surface area contributed by atoms with Gasteiger partial charge in [0.15, 0.2) is 23.0 Å². The Hall–Kier alpha value is -3.58. The Kier molecular flexibility index (Phi) is 8.21. The van der Waals surface area contributed by atoms with Crippen LogP contribution in [0.5, 0.6) is 34.5 Å². The van der Waals surface area contributed by atoms with Crippen molar-refractivity contribution in [1.82, 2.24) is 0 Å². The molecule has 0 aromatic heterocycles. The zero-order valence-electron chi connectivity index (χ0n) is 20.9. The second-order valence-electron chi connectivity index (χ2n) is 8.37. The number of hydrogen-bond acceptors (Lipinski definition) is 6. The Morgan fingerprint density at radius 2 is 1.51 bits per heavy atom. The van der Waals surface area contributed by atoms with Gasteiger partial charge in [-0.05, 0) is 48.9 Å². The molecule has 35 heavy (non-hydrogen) atoms. The van der Waals surface area contributed by atoms with Gasteiger partial charge in [-0.2, -0.15) is 0 Å². The molecule has 1 N–H and O–H groups in total. The van der Waals surface area contributed by atoms with Crippen molar-refractivity contribution in [2.24, 2.45) is 0 Å². The van der Waals surface area contributed by atoms with Crippen molar-refractivity contribution in [2.45, 2.75) is 26.4 Å². The van der Waals surface area contributed by atoms with Gasteiger partial charge in [0, 0.05) is 17.5 Å². The molecule has 186 valence electrons. The van der Waals surface area contributed by atoms with E-state index in [0.717, 1.165) is 48.9 Å². The van der Waals surface area contributed by atoms with Gasteiger partial charge in [0.25, 0.3) is 0 Å². The highest BCUT2D eigenvalue weighted by atomic mass is 16.7. The van der Waals surface area contributed by atoms with Crippen LogP contribution in [0.1, 0.15) is 23.6 Å². The Morgan fingerprint density at radius 1 is 0.771 bits per heavy atom. The predicted octanol–water partition coefficient (Wildman–Crippen LogP) is 3.67. The molecule has 3 aromatic carbocycles. The topological polar surface area (TPSA) is 59.8 Å². The Labute approximate surface area is 207 Å². The number of para-hydroxylation sites is 1. The SMILES string of the molecule is CCOc1ccccc1C[NH+](CCc1ccc2c(c1)OCO2)Cc1cc(OC)c(OC)c(OC)c1. The molecule has 0 bridgehead atoms. The first-order chi connectivity index (χ1) is 17.1. The molecule has 7 heteroatoms. The minimum absolute atomic E-state index is 0.283. The molecule has 0 saturated heterocycles. The van der Waals surface area contributed by atoms with E-state index >= 15 is 0 Å². The molecule has 1 aliphatic heterocycles. The monoisotopic (exact) mass is 480 g/mol. The molecule has 0 amide bonds. The van der Waals surface area contributed by atoms with E-state index in [2.05, 4.69) is 24.3 Å². The van der Waals surface area contributed by atoms with E-state index in [1.807, 2.05) is 37.3 Å². The molecular formula is C28H34NO6+. The third-order valence-corrected chi connectivity index (χ3v) is 6.10. The summed E-state index contributed by atoms with van der Waals surface area (Å²) >= 11 is 0. The van der Waals surface area contributed by atoms with Crippen LogP contribution in [-0.4, -0.2) is 41.3 Å². The zero-order chi connectivity index (χ0) is 24.6. The molecular weight excluding hydrogens is 446 g/mol. The highest BCUT2D eigenvalue weighted by molar-refractivity contribution is 5.53. The molecule has 0 fully saturated rings. The van der Waals surface area contributed by atoms with E-state index in [1.165, 1.54) is 16.0 Å². The molecule has 1 atom stereocenters. The minimum atomic E-state index is 0.283. The average molecular weight is 481 g/mol. The normalized spacial score (nSPS) is 12.8. The van der Waals surface area contributed by atoms with E-state index in [1.54, 1.807) is 21.3 Å². The maximum absolute atomic E-state index is 5.90. The summed E-state index contributed by atoms with van der Waals surface area (Å²) in [6.45, 7) is 5.44. The molecule has 0 saturated carbocycles. The van der Waals surface area contributed by atoms with Gasteiger partial charge in [-0.3, -0.25) is 0 Å². The number of rotatable bonds is 12. The quantitative estimate of drug-likeness (QED) is 0.427. The third-order valence-electron chi connectivity index (χ3n) is 6.10. The van der Waals surface area contributed by atoms with Crippen molar-refractivity contribution in [3.63, 3.8) is 0 Å². The molecule has 4 rings (SSSR count). The van der Waals surface area contributed by atoms with Gasteiger partial charge in [-0.1, -0.05) is 18.2 Å². The summed E-state index contributed by atoms with van der Waals surface area (Å²) in [6.07, 6.45) is 0.896. The lowest BCUT2D eigenvalue weighted by molar-refractivity contribution is -0.927. The van der Waals surface area contributed by atoms with Gasteiger partial charge in [-0.15, -0.1) is 0 Å². The molecule has 7 nitrogen and oxygen atoms in total. The summed E-state index contributed by atoms with van der Waals surface area (Å²) in [5, 5.41) is 0. The molecule has 1 aliphatic rings. The summed E-state index contributed by atoms with van der Waals surface area (Å²) in [5.74, 6) is 4.47. The van der Waals surface area contributed by atoms with E-state index in [0.29, 0.717) is 23.9 Å². The van der Waals surface area contributed by atoms with Gasteiger partial charge in [-0.25, -0.2) is 0 Å². The lowest BCUT2D eigenvalue weighted by Gasteiger charge is -2.22. The van der Waals surface area contributed by atoms with Crippen LogP contribution in [0.3, 0.4) is 0 Å². The summed E-state index contributed by atoms with van der Waals surface area (Å²) in [5.41, 5.74) is 3.51. The van der Waals surface area contributed by atoms with E-state index < -0.39 is 0 Å². The number of nitrogens with one attached hydrogen (secondary N) is 1.